The second-order valence-electron chi connectivity index (χ2n) is 2.27. The van der Waals surface area contributed by atoms with Crippen molar-refractivity contribution in [3.63, 3.8) is 0 Å². The normalized spacial score (nSPS) is 15.9. The van der Waals surface area contributed by atoms with Crippen LogP contribution in [-0.2, 0) is 0 Å². The third-order valence-electron chi connectivity index (χ3n) is 0.801. The molecule has 0 amide bonds. The third kappa shape index (κ3) is 3.68. The number of hydrogen-bond acceptors (Lipinski definition) is 2. The predicted octanol–water partition coefficient (Wildman–Crippen LogP) is 0.865. The van der Waals surface area contributed by atoms with Gasteiger partial charge in [0.2, 0.25) is 6.23 Å². The van der Waals surface area contributed by atoms with E-state index in [1.807, 2.05) is 5.32 Å². The first-order valence-corrected chi connectivity index (χ1v) is 2.85. The van der Waals surface area contributed by atoms with Gasteiger partial charge >= 0.3 is 6.18 Å². The molecule has 5 heteroatoms. The first-order chi connectivity index (χ1) is 4.34. The predicted molar refractivity (Wildman–Crippen MR) is 30.3 cm³/mol. The molecule has 0 radical (unpaired) electrons. The maximum Gasteiger partial charge on any atom is 0.427 e. The molecule has 0 heterocycles. The zero-order valence-electron chi connectivity index (χ0n) is 5.74. The van der Waals surface area contributed by atoms with E-state index in [-0.39, 0.29) is 6.04 Å². The van der Waals surface area contributed by atoms with Gasteiger partial charge in [-0.2, -0.15) is 13.2 Å². The van der Waals surface area contributed by atoms with E-state index in [1.165, 1.54) is 13.8 Å². The van der Waals surface area contributed by atoms with Crippen LogP contribution in [0.4, 0.5) is 13.2 Å². The van der Waals surface area contributed by atoms with Crippen LogP contribution < -0.4 is 5.32 Å². The highest BCUT2D eigenvalue weighted by Crippen LogP contribution is 2.18. The second kappa shape index (κ2) is 3.21. The van der Waals surface area contributed by atoms with Crippen molar-refractivity contribution in [3.8, 4) is 0 Å². The van der Waals surface area contributed by atoms with Crippen LogP contribution in [0.5, 0.6) is 0 Å². The van der Waals surface area contributed by atoms with Crippen molar-refractivity contribution in [1.82, 2.24) is 5.32 Å². The van der Waals surface area contributed by atoms with Gasteiger partial charge in [-0.15, -0.1) is 0 Å². The summed E-state index contributed by atoms with van der Waals surface area (Å²) in [5.41, 5.74) is 0. The Kier molecular flexibility index (Phi) is 3.11. The van der Waals surface area contributed by atoms with Gasteiger partial charge in [-0.25, -0.2) is 0 Å². The lowest BCUT2D eigenvalue weighted by atomic mass is 10.4. The standard InChI is InChI=1S/C5H10F3NO/c1-3(2)9-4(10)5(6,7)8/h3-4,9-10H,1-2H3. The molecule has 0 bridgehead atoms. The molecule has 0 aliphatic heterocycles. The second-order valence-corrected chi connectivity index (χ2v) is 2.27. The number of halogens is 3. The quantitative estimate of drug-likeness (QED) is 0.583. The maximum absolute atomic E-state index is 11.5. The smallest absolute Gasteiger partial charge is 0.370 e. The number of aliphatic hydroxyl groups excluding tert-OH is 1. The fraction of sp³-hybridized carbons (Fsp3) is 1.00. The molecule has 1 atom stereocenters. The molecule has 0 aromatic heterocycles. The summed E-state index contributed by atoms with van der Waals surface area (Å²) in [6, 6.07) is -0.378. The van der Waals surface area contributed by atoms with Crippen LogP contribution in [0.3, 0.4) is 0 Å². The maximum atomic E-state index is 11.5. The fourth-order valence-electron chi connectivity index (χ4n) is 0.410. The molecule has 0 rings (SSSR count). The van der Waals surface area contributed by atoms with Crippen LogP contribution >= 0.6 is 0 Å². The molecule has 2 nitrogen and oxygen atoms in total. The zero-order valence-corrected chi connectivity index (χ0v) is 5.74. The van der Waals surface area contributed by atoms with E-state index >= 15 is 0 Å². The summed E-state index contributed by atoms with van der Waals surface area (Å²) in [7, 11) is 0. The van der Waals surface area contributed by atoms with Gasteiger partial charge in [0.1, 0.15) is 0 Å². The van der Waals surface area contributed by atoms with Gasteiger partial charge in [-0.3, -0.25) is 5.32 Å². The molecular weight excluding hydrogens is 147 g/mol. The summed E-state index contributed by atoms with van der Waals surface area (Å²) < 4.78 is 34.5. The summed E-state index contributed by atoms with van der Waals surface area (Å²) in [5.74, 6) is 0. The molecule has 0 aliphatic rings. The van der Waals surface area contributed by atoms with Crippen molar-refractivity contribution in [3.05, 3.63) is 0 Å². The van der Waals surface area contributed by atoms with Crippen LogP contribution in [0.2, 0.25) is 0 Å². The Morgan fingerprint density at radius 3 is 1.80 bits per heavy atom. The summed E-state index contributed by atoms with van der Waals surface area (Å²) >= 11 is 0. The molecule has 0 spiro atoms. The van der Waals surface area contributed by atoms with Gasteiger partial charge in [0, 0.05) is 6.04 Å². The van der Waals surface area contributed by atoms with Crippen molar-refractivity contribution in [2.45, 2.75) is 32.3 Å². The molecular formula is C5H10F3NO. The van der Waals surface area contributed by atoms with E-state index in [9.17, 15) is 13.2 Å². The van der Waals surface area contributed by atoms with E-state index < -0.39 is 12.4 Å². The zero-order chi connectivity index (χ0) is 8.36. The van der Waals surface area contributed by atoms with Gasteiger partial charge in [0.15, 0.2) is 0 Å². The number of aliphatic hydroxyl groups is 1. The van der Waals surface area contributed by atoms with Gasteiger partial charge in [0.25, 0.3) is 0 Å². The molecule has 0 aliphatic carbocycles. The molecule has 2 N–H and O–H groups in total. The van der Waals surface area contributed by atoms with Crippen molar-refractivity contribution < 1.29 is 18.3 Å². The number of nitrogens with one attached hydrogen (secondary N) is 1. The highest BCUT2D eigenvalue weighted by Gasteiger charge is 2.38. The molecule has 0 saturated carbocycles. The fourth-order valence-corrected chi connectivity index (χ4v) is 0.410. The van der Waals surface area contributed by atoms with Crippen molar-refractivity contribution in [1.29, 1.82) is 0 Å². The lowest BCUT2D eigenvalue weighted by molar-refractivity contribution is -0.215. The highest BCUT2D eigenvalue weighted by molar-refractivity contribution is 4.64. The minimum Gasteiger partial charge on any atom is -0.370 e. The molecule has 62 valence electrons. The van der Waals surface area contributed by atoms with Gasteiger partial charge in [-0.1, -0.05) is 0 Å². The summed E-state index contributed by atoms with van der Waals surface area (Å²) in [6.07, 6.45) is -6.97. The van der Waals surface area contributed by atoms with E-state index in [0.29, 0.717) is 0 Å². The van der Waals surface area contributed by atoms with Crippen molar-refractivity contribution in [2.24, 2.45) is 0 Å². The highest BCUT2D eigenvalue weighted by atomic mass is 19.4. The molecule has 10 heavy (non-hydrogen) atoms. The van der Waals surface area contributed by atoms with E-state index in [2.05, 4.69) is 0 Å². The van der Waals surface area contributed by atoms with Crippen LogP contribution in [0.1, 0.15) is 13.8 Å². The summed E-state index contributed by atoms with van der Waals surface area (Å²) in [4.78, 5) is 0. The Hall–Kier alpha value is -0.290. The Bertz CT molecular complexity index is 102. The molecule has 0 saturated heterocycles. The molecule has 0 aromatic rings. The number of alkyl halides is 3. The number of rotatable bonds is 2. The number of hydrogen-bond donors (Lipinski definition) is 2. The average molecular weight is 157 g/mol. The third-order valence-corrected chi connectivity index (χ3v) is 0.801. The Labute approximate surface area is 57.0 Å². The SMILES string of the molecule is CC(C)NC(O)C(F)(F)F. The lowest BCUT2D eigenvalue weighted by Gasteiger charge is -2.17. The minimum atomic E-state index is -4.57. The largest absolute Gasteiger partial charge is 0.427 e. The summed E-state index contributed by atoms with van der Waals surface area (Å²) in [6.45, 7) is 3.05. The molecule has 0 aromatic carbocycles. The Morgan fingerprint density at radius 2 is 1.70 bits per heavy atom. The van der Waals surface area contributed by atoms with Gasteiger partial charge in [-0.05, 0) is 13.8 Å². The topological polar surface area (TPSA) is 32.3 Å². The van der Waals surface area contributed by atoms with E-state index in [0.717, 1.165) is 0 Å². The molecule has 1 unspecified atom stereocenters. The average Bonchev–Trinajstić information content (AvgIpc) is 1.60. The van der Waals surface area contributed by atoms with Crippen LogP contribution in [0, 0.1) is 0 Å². The first-order valence-electron chi connectivity index (χ1n) is 2.85. The van der Waals surface area contributed by atoms with Gasteiger partial charge in [0.05, 0.1) is 0 Å². The first kappa shape index (κ1) is 9.71. The Balaban J connectivity index is 3.73. The van der Waals surface area contributed by atoms with Crippen molar-refractivity contribution in [2.75, 3.05) is 0 Å². The van der Waals surface area contributed by atoms with Crippen LogP contribution in [-0.4, -0.2) is 23.6 Å². The van der Waals surface area contributed by atoms with Crippen molar-refractivity contribution >= 4 is 0 Å². The molecule has 0 fully saturated rings. The summed E-state index contributed by atoms with van der Waals surface area (Å²) in [5, 5.41) is 10.2. The van der Waals surface area contributed by atoms with E-state index in [4.69, 9.17) is 5.11 Å². The van der Waals surface area contributed by atoms with Gasteiger partial charge < -0.3 is 5.11 Å². The minimum absolute atomic E-state index is 0.378. The van der Waals surface area contributed by atoms with Crippen LogP contribution in [0.25, 0.3) is 0 Å². The van der Waals surface area contributed by atoms with Crippen LogP contribution in [0.15, 0.2) is 0 Å². The lowest BCUT2D eigenvalue weighted by Crippen LogP contribution is -2.45. The monoisotopic (exact) mass is 157 g/mol. The Morgan fingerprint density at radius 1 is 1.30 bits per heavy atom. The van der Waals surface area contributed by atoms with E-state index in [1.54, 1.807) is 0 Å².